The SMILES string of the molecule is CS(=O)(=O)CCc1cc(F)cc(-c2ccnc3[nH]c(-c4n[nH]c5c(F)cc(-c6cncc(NC(=O)c7ccccc7)c6)cc45)nc23)c1. The molecule has 234 valence electrons. The van der Waals surface area contributed by atoms with Crippen LogP contribution < -0.4 is 5.32 Å². The number of nitrogens with one attached hydrogen (secondary N) is 3. The minimum absolute atomic E-state index is 0.109. The number of benzene rings is 3. The van der Waals surface area contributed by atoms with Crippen LogP contribution in [0.15, 0.2) is 91.4 Å². The normalized spacial score (nSPS) is 11.7. The first-order valence-electron chi connectivity index (χ1n) is 14.4. The zero-order chi connectivity index (χ0) is 32.7. The van der Waals surface area contributed by atoms with Crippen molar-refractivity contribution in [2.45, 2.75) is 6.42 Å². The summed E-state index contributed by atoms with van der Waals surface area (Å²) in [7, 11) is -3.24. The van der Waals surface area contributed by atoms with Crippen LogP contribution in [0.4, 0.5) is 14.5 Å². The van der Waals surface area contributed by atoms with Gasteiger partial charge < -0.3 is 10.3 Å². The van der Waals surface area contributed by atoms with Crippen LogP contribution in [0.2, 0.25) is 0 Å². The third-order valence-corrected chi connectivity index (χ3v) is 8.58. The number of aromatic nitrogens is 6. The molecule has 13 heteroatoms. The minimum atomic E-state index is -3.24. The summed E-state index contributed by atoms with van der Waals surface area (Å²) in [4.78, 5) is 29.2. The molecule has 10 nitrogen and oxygen atoms in total. The molecule has 3 aromatic carbocycles. The van der Waals surface area contributed by atoms with Gasteiger partial charge in [0, 0.05) is 40.7 Å². The van der Waals surface area contributed by atoms with Crippen LogP contribution in [-0.2, 0) is 16.3 Å². The van der Waals surface area contributed by atoms with Gasteiger partial charge in [0.05, 0.1) is 17.6 Å². The fraction of sp³-hybridized carbons (Fsp3) is 0.0882. The lowest BCUT2D eigenvalue weighted by Gasteiger charge is -2.08. The number of H-pyrrole nitrogens is 2. The number of anilines is 1. The van der Waals surface area contributed by atoms with Crippen molar-refractivity contribution >= 4 is 43.5 Å². The number of halogens is 2. The molecule has 0 atom stereocenters. The number of carbonyl (C=O) groups excluding carboxylic acids is 1. The number of hydrogen-bond donors (Lipinski definition) is 3. The first-order chi connectivity index (χ1) is 22.6. The zero-order valence-electron chi connectivity index (χ0n) is 24.8. The molecule has 0 bridgehead atoms. The van der Waals surface area contributed by atoms with Gasteiger partial charge in [-0.15, -0.1) is 0 Å². The van der Waals surface area contributed by atoms with Crippen molar-refractivity contribution in [3.63, 3.8) is 0 Å². The van der Waals surface area contributed by atoms with Crippen LogP contribution in [0.25, 0.3) is 55.8 Å². The van der Waals surface area contributed by atoms with Crippen molar-refractivity contribution in [2.75, 3.05) is 17.3 Å². The highest BCUT2D eigenvalue weighted by Gasteiger charge is 2.19. The molecule has 0 aliphatic carbocycles. The Kier molecular flexibility index (Phi) is 7.52. The Morgan fingerprint density at radius 3 is 2.57 bits per heavy atom. The average molecular weight is 650 g/mol. The number of aryl methyl sites for hydroxylation is 1. The first kappa shape index (κ1) is 29.9. The van der Waals surface area contributed by atoms with Crippen LogP contribution >= 0.6 is 0 Å². The highest BCUT2D eigenvalue weighted by molar-refractivity contribution is 7.90. The lowest BCUT2D eigenvalue weighted by molar-refractivity contribution is 0.102. The number of pyridine rings is 2. The smallest absolute Gasteiger partial charge is 0.255 e. The van der Waals surface area contributed by atoms with E-state index in [1.54, 1.807) is 60.9 Å². The highest BCUT2D eigenvalue weighted by atomic mass is 32.2. The van der Waals surface area contributed by atoms with Gasteiger partial charge in [-0.3, -0.25) is 14.9 Å². The molecule has 47 heavy (non-hydrogen) atoms. The second-order valence-corrected chi connectivity index (χ2v) is 13.4. The number of imidazole rings is 1. The quantitative estimate of drug-likeness (QED) is 0.174. The monoisotopic (exact) mass is 649 g/mol. The summed E-state index contributed by atoms with van der Waals surface area (Å²) >= 11 is 0. The number of fused-ring (bicyclic) bond motifs is 2. The predicted molar refractivity (Wildman–Crippen MR) is 175 cm³/mol. The molecular weight excluding hydrogens is 624 g/mol. The van der Waals surface area contributed by atoms with Gasteiger partial charge in [0.25, 0.3) is 5.91 Å². The second kappa shape index (κ2) is 11.8. The number of sulfone groups is 1. The van der Waals surface area contributed by atoms with Gasteiger partial charge in [-0.1, -0.05) is 24.3 Å². The summed E-state index contributed by atoms with van der Waals surface area (Å²) in [5.41, 5.74) is 4.94. The Morgan fingerprint density at radius 1 is 0.936 bits per heavy atom. The first-order valence-corrected chi connectivity index (χ1v) is 16.5. The van der Waals surface area contributed by atoms with Crippen LogP contribution in [0.3, 0.4) is 0 Å². The van der Waals surface area contributed by atoms with E-state index >= 15 is 4.39 Å². The van der Waals surface area contributed by atoms with Crippen LogP contribution in [0.1, 0.15) is 15.9 Å². The minimum Gasteiger partial charge on any atom is -0.321 e. The Labute approximate surface area is 266 Å². The van der Waals surface area contributed by atoms with E-state index in [0.717, 1.165) is 6.26 Å². The maximum atomic E-state index is 15.4. The Morgan fingerprint density at radius 2 is 1.77 bits per heavy atom. The Bertz CT molecular complexity index is 2430. The van der Waals surface area contributed by atoms with E-state index in [0.29, 0.717) is 67.1 Å². The number of hydrogen-bond acceptors (Lipinski definition) is 7. The Balaban J connectivity index is 1.25. The van der Waals surface area contributed by atoms with E-state index in [9.17, 15) is 17.6 Å². The predicted octanol–water partition coefficient (Wildman–Crippen LogP) is 6.35. The lowest BCUT2D eigenvalue weighted by atomic mass is 10.0. The van der Waals surface area contributed by atoms with Gasteiger partial charge in [0.15, 0.2) is 11.5 Å². The molecule has 0 unspecified atom stereocenters. The molecule has 3 N–H and O–H groups in total. The van der Waals surface area contributed by atoms with Crippen molar-refractivity contribution < 1.29 is 22.0 Å². The van der Waals surface area contributed by atoms with E-state index in [-0.39, 0.29) is 23.6 Å². The van der Waals surface area contributed by atoms with E-state index in [4.69, 9.17) is 4.98 Å². The molecule has 0 radical (unpaired) electrons. The molecule has 7 aromatic rings. The number of amides is 1. The summed E-state index contributed by atoms with van der Waals surface area (Å²) in [5, 5.41) is 10.4. The average Bonchev–Trinajstić information content (AvgIpc) is 3.68. The van der Waals surface area contributed by atoms with Crippen molar-refractivity contribution in [1.29, 1.82) is 0 Å². The maximum Gasteiger partial charge on any atom is 0.255 e. The fourth-order valence-corrected chi connectivity index (χ4v) is 6.00. The number of nitrogens with zero attached hydrogens (tertiary/aromatic N) is 4. The molecule has 0 saturated carbocycles. The van der Waals surface area contributed by atoms with Crippen molar-refractivity contribution in [3.05, 3.63) is 114 Å². The third-order valence-electron chi connectivity index (χ3n) is 7.63. The van der Waals surface area contributed by atoms with Gasteiger partial charge in [0.1, 0.15) is 38.2 Å². The summed E-state index contributed by atoms with van der Waals surface area (Å²) in [6.07, 6.45) is 5.93. The molecule has 0 spiro atoms. The summed E-state index contributed by atoms with van der Waals surface area (Å²) in [6, 6.07) is 19.6. The van der Waals surface area contributed by atoms with E-state index in [2.05, 4.69) is 30.5 Å². The van der Waals surface area contributed by atoms with E-state index in [1.807, 2.05) is 6.07 Å². The molecule has 1 amide bonds. The number of aromatic amines is 2. The highest BCUT2D eigenvalue weighted by Crippen LogP contribution is 2.34. The largest absolute Gasteiger partial charge is 0.321 e. The second-order valence-electron chi connectivity index (χ2n) is 11.1. The van der Waals surface area contributed by atoms with Crippen LogP contribution in [0, 0.1) is 11.6 Å². The topological polar surface area (TPSA) is 146 Å². The molecule has 0 aliphatic rings. The van der Waals surface area contributed by atoms with Gasteiger partial charge >= 0.3 is 0 Å². The van der Waals surface area contributed by atoms with Crippen LogP contribution in [0.5, 0.6) is 0 Å². The lowest BCUT2D eigenvalue weighted by Crippen LogP contribution is -2.11. The molecule has 4 aromatic heterocycles. The van der Waals surface area contributed by atoms with E-state index < -0.39 is 21.5 Å². The van der Waals surface area contributed by atoms with Crippen molar-refractivity contribution in [1.82, 2.24) is 30.1 Å². The van der Waals surface area contributed by atoms with Gasteiger partial charge in [-0.05, 0) is 71.6 Å². The van der Waals surface area contributed by atoms with Crippen molar-refractivity contribution in [2.24, 2.45) is 0 Å². The maximum absolute atomic E-state index is 15.4. The molecule has 7 rings (SSSR count). The molecule has 4 heterocycles. The summed E-state index contributed by atoms with van der Waals surface area (Å²) < 4.78 is 53.4. The third kappa shape index (κ3) is 6.20. The van der Waals surface area contributed by atoms with Gasteiger partial charge in [0.2, 0.25) is 0 Å². The van der Waals surface area contributed by atoms with E-state index in [1.165, 1.54) is 24.4 Å². The molecular formula is C34H25F2N7O3S. The zero-order valence-corrected chi connectivity index (χ0v) is 25.6. The summed E-state index contributed by atoms with van der Waals surface area (Å²) in [5.74, 6) is -1.16. The van der Waals surface area contributed by atoms with Gasteiger partial charge in [-0.25, -0.2) is 27.2 Å². The van der Waals surface area contributed by atoms with Crippen LogP contribution in [-0.4, -0.2) is 56.5 Å². The Hall–Kier alpha value is -5.82. The number of carbonyl (C=O) groups is 1. The van der Waals surface area contributed by atoms with Crippen molar-refractivity contribution in [3.8, 4) is 33.8 Å². The molecule has 0 saturated heterocycles. The summed E-state index contributed by atoms with van der Waals surface area (Å²) in [6.45, 7) is 0. The molecule has 0 fully saturated rings. The van der Waals surface area contributed by atoms with Gasteiger partial charge in [-0.2, -0.15) is 5.10 Å². The number of rotatable bonds is 8. The fourth-order valence-electron chi connectivity index (χ4n) is 5.39. The standard InChI is InChI=1S/C34H25F2N7O3S/c1-47(45,46)10-8-19-11-22(13-24(35)12-19)26-7-9-38-32-30(26)40-33(41-32)31-27-15-21(16-28(36)29(27)42-43-31)23-14-25(18-37-17-23)39-34(44)20-5-3-2-4-6-20/h2-7,9,11-18H,8,10H2,1H3,(H,39,44)(H,42,43)(H,38,40,41). The molecule has 0 aliphatic heterocycles.